The van der Waals surface area contributed by atoms with Crippen molar-refractivity contribution in [2.75, 3.05) is 27.1 Å². The maximum atomic E-state index is 5.68. The highest BCUT2D eigenvalue weighted by molar-refractivity contribution is 5.25. The summed E-state index contributed by atoms with van der Waals surface area (Å²) in [5.74, 6) is 0.590. The van der Waals surface area contributed by atoms with Gasteiger partial charge in [-0.05, 0) is 31.1 Å². The first-order valence-corrected chi connectivity index (χ1v) is 6.08. The van der Waals surface area contributed by atoms with Crippen LogP contribution in [0.4, 0.5) is 0 Å². The van der Waals surface area contributed by atoms with Crippen LogP contribution in [0.3, 0.4) is 0 Å². The van der Waals surface area contributed by atoms with E-state index < -0.39 is 0 Å². The first kappa shape index (κ1) is 10.8. The highest BCUT2D eigenvalue weighted by Gasteiger charge is 2.61. The van der Waals surface area contributed by atoms with Crippen molar-refractivity contribution in [1.82, 2.24) is 0 Å². The molecule has 2 saturated carbocycles. The van der Waals surface area contributed by atoms with Crippen molar-refractivity contribution in [3.63, 3.8) is 0 Å². The Morgan fingerprint density at radius 1 is 1.50 bits per heavy atom. The Morgan fingerprint density at radius 3 is 3.00 bits per heavy atom. The first-order chi connectivity index (χ1) is 7.70. The summed E-state index contributed by atoms with van der Waals surface area (Å²) >= 11 is 0. The molecule has 1 heterocycles. The Bertz CT molecular complexity index is 308. The van der Waals surface area contributed by atoms with Crippen LogP contribution >= 0.6 is 0 Å². The van der Waals surface area contributed by atoms with Crippen LogP contribution < -0.4 is 0 Å². The van der Waals surface area contributed by atoms with Gasteiger partial charge in [-0.15, -0.1) is 0 Å². The monoisotopic (exact) mass is 224 g/mol. The number of rotatable bonds is 4. The third-order valence-electron chi connectivity index (χ3n) is 4.57. The molecule has 0 aromatic rings. The van der Waals surface area contributed by atoms with E-state index >= 15 is 0 Å². The van der Waals surface area contributed by atoms with Crippen LogP contribution in [0.25, 0.3) is 0 Å². The van der Waals surface area contributed by atoms with Crippen LogP contribution in [0.15, 0.2) is 12.2 Å². The summed E-state index contributed by atoms with van der Waals surface area (Å²) in [6.45, 7) is 6.40. The fourth-order valence-corrected chi connectivity index (χ4v) is 3.62. The van der Waals surface area contributed by atoms with E-state index in [-0.39, 0.29) is 5.60 Å². The minimum atomic E-state index is 0.193. The van der Waals surface area contributed by atoms with Gasteiger partial charge in [-0.25, -0.2) is 0 Å². The molecule has 0 N–H and O–H groups in total. The Kier molecular flexibility index (Phi) is 2.39. The Morgan fingerprint density at radius 2 is 2.31 bits per heavy atom. The first-order valence-electron chi connectivity index (χ1n) is 6.08. The molecule has 1 spiro atoms. The summed E-state index contributed by atoms with van der Waals surface area (Å²) in [5, 5.41) is 0. The third kappa shape index (κ3) is 1.53. The average Bonchev–Trinajstić information content (AvgIpc) is 2.98. The van der Waals surface area contributed by atoms with Gasteiger partial charge in [0.15, 0.2) is 0 Å². The summed E-state index contributed by atoms with van der Waals surface area (Å²) in [5.41, 5.74) is 1.91. The fourth-order valence-electron chi connectivity index (χ4n) is 3.62. The molecule has 0 aromatic carbocycles. The van der Waals surface area contributed by atoms with Crippen molar-refractivity contribution in [3.05, 3.63) is 12.2 Å². The van der Waals surface area contributed by atoms with Crippen LogP contribution in [0.1, 0.15) is 25.7 Å². The summed E-state index contributed by atoms with van der Waals surface area (Å²) in [7, 11) is 1.67. The molecule has 3 rings (SSSR count). The van der Waals surface area contributed by atoms with E-state index in [4.69, 9.17) is 14.2 Å². The molecule has 0 aromatic heterocycles. The van der Waals surface area contributed by atoms with Gasteiger partial charge in [-0.3, -0.25) is 0 Å². The number of methoxy groups -OCH3 is 1. The maximum Gasteiger partial charge on any atom is 0.146 e. The lowest BCUT2D eigenvalue weighted by molar-refractivity contribution is -0.0729. The van der Waals surface area contributed by atoms with Crippen LogP contribution in [0.5, 0.6) is 0 Å². The molecular formula is C13H20O3. The summed E-state index contributed by atoms with van der Waals surface area (Å²) < 4.78 is 16.2. The Balaban J connectivity index is 1.68. The number of hydrogen-bond donors (Lipinski definition) is 0. The van der Waals surface area contributed by atoms with E-state index in [9.17, 15) is 0 Å². The van der Waals surface area contributed by atoms with Gasteiger partial charge in [-0.2, -0.15) is 0 Å². The minimum Gasteiger partial charge on any atom is -0.369 e. The smallest absolute Gasteiger partial charge is 0.146 e. The van der Waals surface area contributed by atoms with Crippen LogP contribution in [0.2, 0.25) is 0 Å². The summed E-state index contributed by atoms with van der Waals surface area (Å²) in [6.07, 6.45) is 4.72. The van der Waals surface area contributed by atoms with Gasteiger partial charge in [-0.1, -0.05) is 12.2 Å². The van der Waals surface area contributed by atoms with Gasteiger partial charge >= 0.3 is 0 Å². The summed E-state index contributed by atoms with van der Waals surface area (Å²) in [4.78, 5) is 0. The number of epoxide rings is 1. The normalized spacial score (nSPS) is 45.3. The molecule has 2 aliphatic carbocycles. The molecule has 0 amide bonds. The number of hydrogen-bond acceptors (Lipinski definition) is 3. The van der Waals surface area contributed by atoms with Crippen molar-refractivity contribution < 1.29 is 14.2 Å². The molecule has 2 bridgehead atoms. The van der Waals surface area contributed by atoms with E-state index in [1.165, 1.54) is 24.8 Å². The molecule has 3 atom stereocenters. The van der Waals surface area contributed by atoms with Gasteiger partial charge in [0, 0.05) is 13.0 Å². The molecule has 3 fully saturated rings. The lowest BCUT2D eigenvalue weighted by Gasteiger charge is -2.35. The van der Waals surface area contributed by atoms with Gasteiger partial charge in [0.1, 0.15) is 6.79 Å². The number of fused-ring (bicyclic) bond motifs is 3. The van der Waals surface area contributed by atoms with E-state index in [0.29, 0.717) is 18.1 Å². The molecular weight excluding hydrogens is 204 g/mol. The molecule has 3 heteroatoms. The Labute approximate surface area is 96.8 Å². The lowest BCUT2D eigenvalue weighted by Crippen LogP contribution is -2.35. The molecule has 16 heavy (non-hydrogen) atoms. The predicted octanol–water partition coefficient (Wildman–Crippen LogP) is 2.12. The van der Waals surface area contributed by atoms with Crippen LogP contribution in [0, 0.1) is 11.3 Å². The van der Waals surface area contributed by atoms with Crippen molar-refractivity contribution >= 4 is 0 Å². The zero-order valence-electron chi connectivity index (χ0n) is 9.96. The quantitative estimate of drug-likeness (QED) is 0.317. The highest BCUT2D eigenvalue weighted by atomic mass is 16.7. The van der Waals surface area contributed by atoms with Gasteiger partial charge in [0.2, 0.25) is 0 Å². The van der Waals surface area contributed by atoms with Gasteiger partial charge in [0.25, 0.3) is 0 Å². The average molecular weight is 224 g/mol. The number of ether oxygens (including phenoxy) is 3. The maximum absolute atomic E-state index is 5.68. The topological polar surface area (TPSA) is 31.0 Å². The van der Waals surface area contributed by atoms with Crippen molar-refractivity contribution in [2.24, 2.45) is 11.3 Å². The van der Waals surface area contributed by atoms with E-state index in [0.717, 1.165) is 19.6 Å². The minimum absolute atomic E-state index is 0.193. The molecule has 90 valence electrons. The summed E-state index contributed by atoms with van der Waals surface area (Å²) in [6, 6.07) is 0. The molecule has 3 nitrogen and oxygen atoms in total. The van der Waals surface area contributed by atoms with E-state index in [1.54, 1.807) is 7.11 Å². The van der Waals surface area contributed by atoms with Crippen molar-refractivity contribution in [3.8, 4) is 0 Å². The second kappa shape index (κ2) is 3.56. The van der Waals surface area contributed by atoms with E-state index in [2.05, 4.69) is 6.58 Å². The SMILES string of the molecule is C=C1C[C@]2(COCOC)CC[C@]3(CO3)[C@H]1C2. The lowest BCUT2D eigenvalue weighted by atomic mass is 9.71. The zero-order chi connectivity index (χ0) is 11.2. The molecule has 1 aliphatic heterocycles. The largest absolute Gasteiger partial charge is 0.369 e. The predicted molar refractivity (Wildman–Crippen MR) is 60.0 cm³/mol. The molecule has 0 radical (unpaired) electrons. The second-order valence-corrected chi connectivity index (χ2v) is 5.70. The molecule has 1 saturated heterocycles. The van der Waals surface area contributed by atoms with Crippen LogP contribution in [-0.2, 0) is 14.2 Å². The Hall–Kier alpha value is -0.380. The fraction of sp³-hybridized carbons (Fsp3) is 0.846. The highest BCUT2D eigenvalue weighted by Crippen LogP contribution is 2.62. The van der Waals surface area contributed by atoms with E-state index in [1.807, 2.05) is 0 Å². The standard InChI is InChI=1S/C13H20O3/c1-10-5-12(7-15-9-14-2)3-4-13(8-16-13)11(10)6-12/h11H,1,3-9H2,2H3/t11-,12+,13-/m0/s1. The van der Waals surface area contributed by atoms with Crippen LogP contribution in [-0.4, -0.2) is 32.7 Å². The zero-order valence-corrected chi connectivity index (χ0v) is 9.96. The second-order valence-electron chi connectivity index (χ2n) is 5.70. The molecule has 3 aliphatic rings. The van der Waals surface area contributed by atoms with Crippen molar-refractivity contribution in [2.45, 2.75) is 31.3 Å². The molecule has 0 unspecified atom stereocenters. The third-order valence-corrected chi connectivity index (χ3v) is 4.57. The van der Waals surface area contributed by atoms with Crippen molar-refractivity contribution in [1.29, 1.82) is 0 Å². The van der Waals surface area contributed by atoms with Gasteiger partial charge < -0.3 is 14.2 Å². The van der Waals surface area contributed by atoms with Gasteiger partial charge in [0.05, 0.1) is 18.8 Å².